The number of nitrogens with zero attached hydrogens (tertiary/aromatic N) is 3. The molecule has 0 bridgehead atoms. The quantitative estimate of drug-likeness (QED) is 0.228. The molecule has 0 aliphatic carbocycles. The fourth-order valence-corrected chi connectivity index (χ4v) is 5.16. The Balaban J connectivity index is 1.73. The molecular formula is C28H35N3O7S. The van der Waals surface area contributed by atoms with Gasteiger partial charge in [-0.3, -0.25) is 14.1 Å². The lowest BCUT2D eigenvalue weighted by atomic mass is 10.1. The zero-order valence-electron chi connectivity index (χ0n) is 22.7. The summed E-state index contributed by atoms with van der Waals surface area (Å²) in [5.41, 5.74) is 0.0834. The number of carbonyl (C=O) groups excluding carboxylic acids is 1. The number of anilines is 1. The van der Waals surface area contributed by atoms with Crippen molar-refractivity contribution in [3.05, 3.63) is 59.9 Å². The summed E-state index contributed by atoms with van der Waals surface area (Å²) in [6.07, 6.45) is 4.04. The molecule has 2 heterocycles. The molecule has 0 fully saturated rings. The molecule has 0 spiro atoms. The second kappa shape index (κ2) is 12.9. The third-order valence-corrected chi connectivity index (χ3v) is 7.61. The average molecular weight is 558 g/mol. The van der Waals surface area contributed by atoms with Crippen molar-refractivity contribution < 1.29 is 32.6 Å². The van der Waals surface area contributed by atoms with Gasteiger partial charge in [0.1, 0.15) is 17.7 Å². The Hall–Kier alpha value is -3.73. The largest absolute Gasteiger partial charge is 0.484 e. The van der Waals surface area contributed by atoms with Crippen molar-refractivity contribution >= 4 is 38.7 Å². The molecule has 210 valence electrons. The van der Waals surface area contributed by atoms with E-state index in [4.69, 9.17) is 9.47 Å². The SMILES string of the molecule is CN(c1nc(C(=O)O)c(OCc2ccccc2)c2ncccc12)S(=O)(=O)CCCCCCC(=O)OC(C)(C)C. The highest BCUT2D eigenvalue weighted by molar-refractivity contribution is 7.92. The van der Waals surface area contributed by atoms with Crippen LogP contribution in [0.15, 0.2) is 48.7 Å². The van der Waals surface area contributed by atoms with Crippen LogP contribution in [0.1, 0.15) is 68.9 Å². The summed E-state index contributed by atoms with van der Waals surface area (Å²) in [6.45, 7) is 5.53. The average Bonchev–Trinajstić information content (AvgIpc) is 2.88. The second-order valence-electron chi connectivity index (χ2n) is 10.1. The fraction of sp³-hybridized carbons (Fsp3) is 0.429. The molecule has 0 radical (unpaired) electrons. The lowest BCUT2D eigenvalue weighted by Gasteiger charge is -2.22. The Labute approximate surface area is 229 Å². The maximum Gasteiger partial charge on any atom is 0.358 e. The highest BCUT2D eigenvalue weighted by Gasteiger charge is 2.27. The number of carbonyl (C=O) groups is 2. The number of hydrogen-bond donors (Lipinski definition) is 1. The molecule has 0 unspecified atom stereocenters. The summed E-state index contributed by atoms with van der Waals surface area (Å²) in [6, 6.07) is 12.5. The standard InChI is InChI=1S/C28H35N3O7S/c1-28(2,3)38-22(32)16-10-5-6-11-18-39(35,36)31(4)26-21-15-12-17-29-23(21)25(24(30-26)27(33)34)37-19-20-13-8-7-9-14-20/h7-9,12-15,17H,5-6,10-11,16,18-19H2,1-4H3,(H,33,34). The summed E-state index contributed by atoms with van der Waals surface area (Å²) < 4.78 is 38.5. The van der Waals surface area contributed by atoms with Gasteiger partial charge in [-0.15, -0.1) is 0 Å². The van der Waals surface area contributed by atoms with Gasteiger partial charge in [0.05, 0.1) is 5.75 Å². The van der Waals surface area contributed by atoms with E-state index < -0.39 is 27.3 Å². The van der Waals surface area contributed by atoms with Gasteiger partial charge < -0.3 is 14.6 Å². The minimum Gasteiger partial charge on any atom is -0.484 e. The molecule has 0 aliphatic rings. The first kappa shape index (κ1) is 29.8. The van der Waals surface area contributed by atoms with Gasteiger partial charge in [-0.05, 0) is 51.3 Å². The molecule has 10 nitrogen and oxygen atoms in total. The fourth-order valence-electron chi connectivity index (χ4n) is 3.92. The molecular weight excluding hydrogens is 522 g/mol. The molecule has 3 rings (SSSR count). The number of carboxylic acid groups (broad SMARTS) is 1. The van der Waals surface area contributed by atoms with E-state index in [0.29, 0.717) is 31.1 Å². The Kier molecular flexibility index (Phi) is 9.85. The number of rotatable bonds is 13. The lowest BCUT2D eigenvalue weighted by molar-refractivity contribution is -0.154. The van der Waals surface area contributed by atoms with E-state index in [1.54, 1.807) is 12.1 Å². The molecule has 0 aliphatic heterocycles. The van der Waals surface area contributed by atoms with E-state index in [1.165, 1.54) is 13.2 Å². The number of carboxylic acids is 1. The molecule has 0 atom stereocenters. The maximum atomic E-state index is 13.2. The highest BCUT2D eigenvalue weighted by Crippen LogP contribution is 2.34. The van der Waals surface area contributed by atoms with Gasteiger partial charge in [0.2, 0.25) is 10.0 Å². The summed E-state index contributed by atoms with van der Waals surface area (Å²) in [5, 5.41) is 10.2. The molecule has 11 heteroatoms. The second-order valence-corrected chi connectivity index (χ2v) is 12.2. The van der Waals surface area contributed by atoms with E-state index in [1.807, 2.05) is 51.1 Å². The molecule has 2 aromatic heterocycles. The van der Waals surface area contributed by atoms with Crippen LogP contribution in [0, 0.1) is 0 Å². The topological polar surface area (TPSA) is 136 Å². The number of sulfonamides is 1. The number of unbranched alkanes of at least 4 members (excludes halogenated alkanes) is 3. The lowest BCUT2D eigenvalue weighted by Crippen LogP contribution is -2.30. The van der Waals surface area contributed by atoms with Crippen molar-refractivity contribution in [2.75, 3.05) is 17.1 Å². The van der Waals surface area contributed by atoms with E-state index in [-0.39, 0.29) is 41.8 Å². The van der Waals surface area contributed by atoms with Crippen molar-refractivity contribution in [1.29, 1.82) is 0 Å². The number of ether oxygens (including phenoxy) is 2. The van der Waals surface area contributed by atoms with Crippen molar-refractivity contribution in [3.8, 4) is 5.75 Å². The van der Waals surface area contributed by atoms with Crippen LogP contribution in [-0.4, -0.2) is 53.8 Å². The summed E-state index contributed by atoms with van der Waals surface area (Å²) in [7, 11) is -2.48. The molecule has 1 aromatic carbocycles. The molecule has 3 aromatic rings. The smallest absolute Gasteiger partial charge is 0.358 e. The van der Waals surface area contributed by atoms with Crippen LogP contribution in [0.25, 0.3) is 10.9 Å². The van der Waals surface area contributed by atoms with Gasteiger partial charge in [-0.25, -0.2) is 18.2 Å². The van der Waals surface area contributed by atoms with Gasteiger partial charge in [-0.2, -0.15) is 0 Å². The van der Waals surface area contributed by atoms with Crippen LogP contribution in [0.3, 0.4) is 0 Å². The number of hydrogen-bond acceptors (Lipinski definition) is 8. The number of esters is 1. The number of fused-ring (bicyclic) bond motifs is 1. The maximum absolute atomic E-state index is 13.2. The van der Waals surface area contributed by atoms with Gasteiger partial charge in [0, 0.05) is 25.1 Å². The molecule has 0 saturated heterocycles. The van der Waals surface area contributed by atoms with Crippen LogP contribution < -0.4 is 9.04 Å². The third-order valence-electron chi connectivity index (χ3n) is 5.79. The molecule has 1 N–H and O–H groups in total. The number of pyridine rings is 2. The number of benzene rings is 1. The Bertz CT molecular complexity index is 1400. The van der Waals surface area contributed by atoms with Gasteiger partial charge >= 0.3 is 11.9 Å². The van der Waals surface area contributed by atoms with Gasteiger partial charge in [0.15, 0.2) is 17.3 Å². The van der Waals surface area contributed by atoms with Crippen LogP contribution in [0.5, 0.6) is 5.75 Å². The first-order valence-corrected chi connectivity index (χ1v) is 14.4. The zero-order chi connectivity index (χ0) is 28.6. The number of aromatic nitrogens is 2. The van der Waals surface area contributed by atoms with Crippen molar-refractivity contribution in [3.63, 3.8) is 0 Å². The van der Waals surface area contributed by atoms with Gasteiger partial charge in [0.25, 0.3) is 0 Å². The van der Waals surface area contributed by atoms with Crippen LogP contribution >= 0.6 is 0 Å². The van der Waals surface area contributed by atoms with Gasteiger partial charge in [-0.1, -0.05) is 43.2 Å². The third kappa shape index (κ3) is 8.38. The van der Waals surface area contributed by atoms with E-state index in [0.717, 1.165) is 9.87 Å². The van der Waals surface area contributed by atoms with E-state index in [2.05, 4.69) is 9.97 Å². The van der Waals surface area contributed by atoms with Crippen molar-refractivity contribution in [1.82, 2.24) is 9.97 Å². The highest BCUT2D eigenvalue weighted by atomic mass is 32.2. The number of aromatic carboxylic acids is 1. The van der Waals surface area contributed by atoms with Crippen LogP contribution in [0.4, 0.5) is 5.82 Å². The Morgan fingerprint density at radius 1 is 1.00 bits per heavy atom. The normalized spacial score (nSPS) is 11.8. The van der Waals surface area contributed by atoms with Crippen LogP contribution in [0.2, 0.25) is 0 Å². The Morgan fingerprint density at radius 3 is 2.36 bits per heavy atom. The molecule has 39 heavy (non-hydrogen) atoms. The summed E-state index contributed by atoms with van der Waals surface area (Å²) in [4.78, 5) is 32.5. The Morgan fingerprint density at radius 2 is 1.69 bits per heavy atom. The van der Waals surface area contributed by atoms with Crippen molar-refractivity contribution in [2.24, 2.45) is 0 Å². The summed E-state index contributed by atoms with van der Waals surface area (Å²) in [5.74, 6) is -1.85. The first-order chi connectivity index (χ1) is 18.4. The van der Waals surface area contributed by atoms with E-state index in [9.17, 15) is 23.1 Å². The van der Waals surface area contributed by atoms with E-state index >= 15 is 0 Å². The minimum absolute atomic E-state index is 0.0264. The predicted octanol–water partition coefficient (Wildman–Crippen LogP) is 4.97. The van der Waals surface area contributed by atoms with Crippen LogP contribution in [-0.2, 0) is 26.2 Å². The van der Waals surface area contributed by atoms with Crippen molar-refractivity contribution in [2.45, 2.75) is 65.1 Å². The zero-order valence-corrected chi connectivity index (χ0v) is 23.5. The molecule has 0 saturated carbocycles. The molecule has 0 amide bonds. The predicted molar refractivity (Wildman–Crippen MR) is 148 cm³/mol. The summed E-state index contributed by atoms with van der Waals surface area (Å²) >= 11 is 0. The first-order valence-electron chi connectivity index (χ1n) is 12.8. The minimum atomic E-state index is -3.83. The monoisotopic (exact) mass is 557 g/mol.